The van der Waals surface area contributed by atoms with Gasteiger partial charge in [0, 0.05) is 55.0 Å². The number of piperazine rings is 1. The van der Waals surface area contributed by atoms with Gasteiger partial charge in [-0.05, 0) is 61.7 Å². The maximum absolute atomic E-state index is 11.0. The summed E-state index contributed by atoms with van der Waals surface area (Å²) in [4.78, 5) is 19.3. The summed E-state index contributed by atoms with van der Waals surface area (Å²) in [6, 6.07) is 13.8. The number of ether oxygens (including phenoxy) is 2. The van der Waals surface area contributed by atoms with E-state index in [1.165, 1.54) is 11.3 Å². The number of nitrogens with zero attached hydrogens (tertiary/aromatic N) is 2. The molecule has 1 aliphatic rings. The molecule has 0 bridgehead atoms. The zero-order valence-corrected chi connectivity index (χ0v) is 18.0. The number of carbonyl (C=O) groups is 1. The molecule has 0 aliphatic carbocycles. The maximum Gasteiger partial charge on any atom is 0.409 e. The number of anilines is 1. The van der Waals surface area contributed by atoms with Gasteiger partial charge in [-0.3, -0.25) is 4.90 Å². The number of aromatic amines is 1. The number of methoxy groups -OCH3 is 1. The van der Waals surface area contributed by atoms with Crippen LogP contribution in [0.25, 0.3) is 10.9 Å². The molecule has 1 amide bonds. The number of aryl methyl sites for hydroxylation is 1. The highest BCUT2D eigenvalue weighted by atomic mass is 16.5. The molecular formula is C24H30N4O3. The van der Waals surface area contributed by atoms with Crippen LogP contribution in [0.5, 0.6) is 11.5 Å². The van der Waals surface area contributed by atoms with Crippen molar-refractivity contribution in [3.05, 3.63) is 54.2 Å². The fourth-order valence-corrected chi connectivity index (χ4v) is 4.23. The van der Waals surface area contributed by atoms with Gasteiger partial charge < -0.3 is 25.1 Å². The van der Waals surface area contributed by atoms with Crippen molar-refractivity contribution < 1.29 is 14.3 Å². The molecule has 1 fully saturated rings. The van der Waals surface area contributed by atoms with Crippen molar-refractivity contribution >= 4 is 22.7 Å². The minimum atomic E-state index is -0.789. The minimum Gasteiger partial charge on any atom is -0.497 e. The van der Waals surface area contributed by atoms with Crippen molar-refractivity contribution in [2.75, 3.05) is 44.7 Å². The van der Waals surface area contributed by atoms with Gasteiger partial charge in [0.05, 0.1) is 7.11 Å². The molecule has 1 aliphatic heterocycles. The fourth-order valence-electron chi connectivity index (χ4n) is 4.23. The van der Waals surface area contributed by atoms with Gasteiger partial charge in [0.1, 0.15) is 11.5 Å². The Morgan fingerprint density at radius 2 is 1.90 bits per heavy atom. The first-order valence-electron chi connectivity index (χ1n) is 10.8. The Balaban J connectivity index is 1.23. The lowest BCUT2D eigenvalue weighted by atomic mass is 10.1. The number of unbranched alkanes of at least 4 members (excludes halogenated alkanes) is 1. The number of rotatable bonds is 8. The number of carbonyl (C=O) groups excluding carboxylic acids is 1. The summed E-state index contributed by atoms with van der Waals surface area (Å²) in [7, 11) is 1.71. The number of H-pyrrole nitrogens is 1. The Kier molecular flexibility index (Phi) is 6.62. The molecule has 0 saturated carbocycles. The van der Waals surface area contributed by atoms with Gasteiger partial charge in [-0.25, -0.2) is 4.79 Å². The lowest BCUT2D eigenvalue weighted by Crippen LogP contribution is -2.46. The number of hydrogen-bond acceptors (Lipinski definition) is 5. The third kappa shape index (κ3) is 5.30. The summed E-state index contributed by atoms with van der Waals surface area (Å²) < 4.78 is 10.4. The Hall–Kier alpha value is -3.19. The van der Waals surface area contributed by atoms with E-state index >= 15 is 0 Å². The molecule has 0 atom stereocenters. The summed E-state index contributed by atoms with van der Waals surface area (Å²) in [6.45, 7) is 5.36. The summed E-state index contributed by atoms with van der Waals surface area (Å²) in [5.41, 5.74) is 8.64. The molecule has 164 valence electrons. The summed E-state index contributed by atoms with van der Waals surface area (Å²) in [5.74, 6) is 1.39. The molecular weight excluding hydrogens is 392 g/mol. The highest BCUT2D eigenvalue weighted by Gasteiger charge is 2.17. The number of nitrogens with one attached hydrogen (secondary N) is 1. The lowest BCUT2D eigenvalue weighted by molar-refractivity contribution is 0.211. The van der Waals surface area contributed by atoms with Crippen LogP contribution in [0.1, 0.15) is 18.4 Å². The molecule has 3 aromatic rings. The van der Waals surface area contributed by atoms with Crippen molar-refractivity contribution in [2.45, 2.75) is 19.3 Å². The Morgan fingerprint density at radius 1 is 1.06 bits per heavy atom. The van der Waals surface area contributed by atoms with Crippen LogP contribution in [0.3, 0.4) is 0 Å². The van der Waals surface area contributed by atoms with Gasteiger partial charge in [0.15, 0.2) is 0 Å². The second kappa shape index (κ2) is 9.75. The van der Waals surface area contributed by atoms with Crippen LogP contribution in [0.4, 0.5) is 10.5 Å². The molecule has 7 heteroatoms. The van der Waals surface area contributed by atoms with Gasteiger partial charge >= 0.3 is 6.09 Å². The molecule has 4 rings (SSSR count). The highest BCUT2D eigenvalue weighted by molar-refractivity contribution is 5.85. The number of primary amides is 1. The van der Waals surface area contributed by atoms with Crippen LogP contribution in [0.2, 0.25) is 0 Å². The van der Waals surface area contributed by atoms with E-state index in [0.29, 0.717) is 5.75 Å². The number of hydrogen-bond donors (Lipinski definition) is 2. The fraction of sp³-hybridized carbons (Fsp3) is 0.375. The second-order valence-corrected chi connectivity index (χ2v) is 7.93. The van der Waals surface area contributed by atoms with E-state index in [9.17, 15) is 4.79 Å². The van der Waals surface area contributed by atoms with Crippen LogP contribution >= 0.6 is 0 Å². The summed E-state index contributed by atoms with van der Waals surface area (Å²) in [5, 5.41) is 1.09. The van der Waals surface area contributed by atoms with Crippen LogP contribution in [-0.2, 0) is 6.42 Å². The summed E-state index contributed by atoms with van der Waals surface area (Å²) >= 11 is 0. The Labute approximate surface area is 182 Å². The first-order chi connectivity index (χ1) is 15.1. The first-order valence-corrected chi connectivity index (χ1v) is 10.8. The van der Waals surface area contributed by atoms with E-state index < -0.39 is 6.09 Å². The number of amides is 1. The normalized spacial score (nSPS) is 14.7. The highest BCUT2D eigenvalue weighted by Crippen LogP contribution is 2.25. The molecule has 1 saturated heterocycles. The molecule has 2 aromatic carbocycles. The van der Waals surface area contributed by atoms with Crippen molar-refractivity contribution in [1.82, 2.24) is 9.88 Å². The van der Waals surface area contributed by atoms with Gasteiger partial charge in [-0.15, -0.1) is 0 Å². The molecule has 2 heterocycles. The summed E-state index contributed by atoms with van der Waals surface area (Å²) in [6.07, 6.45) is 4.52. The largest absolute Gasteiger partial charge is 0.497 e. The van der Waals surface area contributed by atoms with Crippen molar-refractivity contribution in [1.29, 1.82) is 0 Å². The van der Waals surface area contributed by atoms with Crippen LogP contribution in [0, 0.1) is 0 Å². The lowest BCUT2D eigenvalue weighted by Gasteiger charge is -2.36. The van der Waals surface area contributed by atoms with E-state index in [-0.39, 0.29) is 0 Å². The zero-order chi connectivity index (χ0) is 21.6. The number of nitrogens with two attached hydrogens (primary N) is 1. The molecule has 0 radical (unpaired) electrons. The maximum atomic E-state index is 11.0. The number of aromatic nitrogens is 1. The Bertz CT molecular complexity index is 1020. The minimum absolute atomic E-state index is 0.481. The molecule has 1 aromatic heterocycles. The van der Waals surface area contributed by atoms with Crippen molar-refractivity contribution in [3.63, 3.8) is 0 Å². The number of benzene rings is 2. The smallest absolute Gasteiger partial charge is 0.409 e. The van der Waals surface area contributed by atoms with E-state index in [1.807, 2.05) is 30.5 Å². The average molecular weight is 423 g/mol. The average Bonchev–Trinajstić information content (AvgIpc) is 3.19. The molecule has 7 nitrogen and oxygen atoms in total. The standard InChI is InChI=1S/C24H30N4O3/c1-30-20-7-4-6-19(15-20)28-13-11-27(12-14-28)10-3-2-5-18-17-26-23-9-8-21(16-22(18)23)31-24(25)29/h4,6-9,15-17,26H,2-3,5,10-14H2,1H3,(H2,25,29). The molecule has 0 unspecified atom stereocenters. The quantitative estimate of drug-likeness (QED) is 0.540. The number of fused-ring (bicyclic) bond motifs is 1. The third-order valence-corrected chi connectivity index (χ3v) is 5.92. The Morgan fingerprint density at radius 3 is 2.68 bits per heavy atom. The van der Waals surface area contributed by atoms with E-state index in [1.54, 1.807) is 13.2 Å². The second-order valence-electron chi connectivity index (χ2n) is 7.93. The zero-order valence-electron chi connectivity index (χ0n) is 18.0. The van der Waals surface area contributed by atoms with Crippen LogP contribution in [0.15, 0.2) is 48.7 Å². The van der Waals surface area contributed by atoms with E-state index in [0.717, 1.165) is 68.6 Å². The SMILES string of the molecule is COc1cccc(N2CCN(CCCCc3c[nH]c4ccc(OC(N)=O)cc34)CC2)c1. The molecule has 31 heavy (non-hydrogen) atoms. The third-order valence-electron chi connectivity index (χ3n) is 5.92. The first kappa shape index (κ1) is 21.1. The van der Waals surface area contributed by atoms with Crippen molar-refractivity contribution in [3.8, 4) is 11.5 Å². The van der Waals surface area contributed by atoms with Gasteiger partial charge in [0.25, 0.3) is 0 Å². The monoisotopic (exact) mass is 422 g/mol. The molecule has 3 N–H and O–H groups in total. The van der Waals surface area contributed by atoms with E-state index in [4.69, 9.17) is 15.2 Å². The predicted octanol–water partition coefficient (Wildman–Crippen LogP) is 3.78. The van der Waals surface area contributed by atoms with Crippen molar-refractivity contribution in [2.24, 2.45) is 5.73 Å². The predicted molar refractivity (Wildman–Crippen MR) is 123 cm³/mol. The van der Waals surface area contributed by atoms with E-state index in [2.05, 4.69) is 26.9 Å². The van der Waals surface area contributed by atoms with Crippen LogP contribution < -0.4 is 20.1 Å². The van der Waals surface area contributed by atoms with Crippen LogP contribution in [-0.4, -0.2) is 55.8 Å². The topological polar surface area (TPSA) is 83.8 Å². The van der Waals surface area contributed by atoms with Gasteiger partial charge in [-0.1, -0.05) is 6.07 Å². The van der Waals surface area contributed by atoms with Gasteiger partial charge in [0.2, 0.25) is 0 Å². The molecule has 0 spiro atoms. The van der Waals surface area contributed by atoms with Gasteiger partial charge in [-0.2, -0.15) is 0 Å².